The second-order valence-electron chi connectivity index (χ2n) is 5.38. The van der Waals surface area contributed by atoms with Crippen molar-refractivity contribution >= 4 is 17.4 Å². The fourth-order valence-electron chi connectivity index (χ4n) is 2.72. The lowest BCUT2D eigenvalue weighted by atomic mass is 10.1. The molecular weight excluding hydrogens is 284 g/mol. The van der Waals surface area contributed by atoms with Crippen LogP contribution in [-0.2, 0) is 6.54 Å². The molecule has 0 amide bonds. The maximum atomic E-state index is 6.02. The number of piperidine rings is 1. The summed E-state index contributed by atoms with van der Waals surface area (Å²) in [7, 11) is 0. The molecule has 1 saturated heterocycles. The molecule has 5 heteroatoms. The second kappa shape index (κ2) is 6.87. The molecule has 0 aliphatic carbocycles. The standard InChI is InChI=1S/C16H19ClN4/c17-14-5-1-4-13(10-14)11-18-15-6-3-9-21(12-15)16-7-2-8-19-20-16/h1-2,4-5,7-8,10,15,18H,3,6,9,11-12H2. The number of nitrogens with zero attached hydrogens (tertiary/aromatic N) is 3. The molecule has 1 aliphatic rings. The fraction of sp³-hybridized carbons (Fsp3) is 0.375. The molecule has 1 aliphatic heterocycles. The van der Waals surface area contributed by atoms with Crippen LogP contribution in [0.2, 0.25) is 5.02 Å². The number of nitrogens with one attached hydrogen (secondary N) is 1. The molecule has 1 N–H and O–H groups in total. The van der Waals surface area contributed by atoms with Crippen molar-refractivity contribution in [1.82, 2.24) is 15.5 Å². The van der Waals surface area contributed by atoms with E-state index in [9.17, 15) is 0 Å². The highest BCUT2D eigenvalue weighted by Gasteiger charge is 2.20. The Labute approximate surface area is 130 Å². The largest absolute Gasteiger partial charge is 0.354 e. The van der Waals surface area contributed by atoms with E-state index in [2.05, 4.69) is 26.5 Å². The molecule has 1 atom stereocenters. The Morgan fingerprint density at radius 1 is 1.29 bits per heavy atom. The lowest BCUT2D eigenvalue weighted by molar-refractivity contribution is 0.419. The Kier molecular flexibility index (Phi) is 4.68. The van der Waals surface area contributed by atoms with E-state index in [-0.39, 0.29) is 0 Å². The number of hydrogen-bond donors (Lipinski definition) is 1. The molecule has 1 aromatic carbocycles. The molecule has 1 aromatic heterocycles. The zero-order chi connectivity index (χ0) is 14.5. The maximum Gasteiger partial charge on any atom is 0.151 e. The van der Waals surface area contributed by atoms with Crippen molar-refractivity contribution in [1.29, 1.82) is 0 Å². The Morgan fingerprint density at radius 3 is 3.05 bits per heavy atom. The Bertz CT molecular complexity index is 575. The van der Waals surface area contributed by atoms with E-state index in [4.69, 9.17) is 11.6 Å². The average Bonchev–Trinajstić information content (AvgIpc) is 2.54. The molecule has 1 fully saturated rings. The number of benzene rings is 1. The first-order valence-corrected chi connectivity index (χ1v) is 7.69. The number of anilines is 1. The third kappa shape index (κ3) is 3.93. The SMILES string of the molecule is Clc1cccc(CNC2CCCN(c3cccnn3)C2)c1. The summed E-state index contributed by atoms with van der Waals surface area (Å²) in [5.74, 6) is 0.965. The third-order valence-corrected chi connectivity index (χ3v) is 4.02. The van der Waals surface area contributed by atoms with Crippen molar-refractivity contribution in [2.75, 3.05) is 18.0 Å². The van der Waals surface area contributed by atoms with Crippen molar-refractivity contribution in [3.63, 3.8) is 0 Å². The number of aromatic nitrogens is 2. The van der Waals surface area contributed by atoms with Gasteiger partial charge in [-0.1, -0.05) is 23.7 Å². The topological polar surface area (TPSA) is 41.0 Å². The smallest absolute Gasteiger partial charge is 0.151 e. The van der Waals surface area contributed by atoms with Crippen molar-refractivity contribution < 1.29 is 0 Å². The van der Waals surface area contributed by atoms with E-state index in [1.807, 2.05) is 30.3 Å². The summed E-state index contributed by atoms with van der Waals surface area (Å²) in [5, 5.41) is 12.6. The van der Waals surface area contributed by atoms with E-state index in [0.29, 0.717) is 6.04 Å². The van der Waals surface area contributed by atoms with Gasteiger partial charge in [0.25, 0.3) is 0 Å². The second-order valence-corrected chi connectivity index (χ2v) is 5.81. The van der Waals surface area contributed by atoms with Gasteiger partial charge in [-0.2, -0.15) is 5.10 Å². The molecule has 0 spiro atoms. The van der Waals surface area contributed by atoms with Crippen LogP contribution in [0.1, 0.15) is 18.4 Å². The molecular formula is C16H19ClN4. The van der Waals surface area contributed by atoms with Gasteiger partial charge in [0.05, 0.1) is 0 Å². The van der Waals surface area contributed by atoms with Gasteiger partial charge in [-0.3, -0.25) is 0 Å². The van der Waals surface area contributed by atoms with Crippen LogP contribution in [0.25, 0.3) is 0 Å². The highest BCUT2D eigenvalue weighted by Crippen LogP contribution is 2.17. The van der Waals surface area contributed by atoms with Crippen LogP contribution in [0, 0.1) is 0 Å². The predicted octanol–water partition coefficient (Wildman–Crippen LogP) is 2.89. The third-order valence-electron chi connectivity index (χ3n) is 3.79. The molecule has 21 heavy (non-hydrogen) atoms. The number of hydrogen-bond acceptors (Lipinski definition) is 4. The Balaban J connectivity index is 1.57. The summed E-state index contributed by atoms with van der Waals surface area (Å²) < 4.78 is 0. The van der Waals surface area contributed by atoms with Gasteiger partial charge in [-0.25, -0.2) is 0 Å². The predicted molar refractivity (Wildman–Crippen MR) is 85.6 cm³/mol. The summed E-state index contributed by atoms with van der Waals surface area (Å²) in [6.07, 6.45) is 4.07. The van der Waals surface area contributed by atoms with Gasteiger partial charge in [0.2, 0.25) is 0 Å². The summed E-state index contributed by atoms with van der Waals surface area (Å²) >= 11 is 6.02. The normalized spacial score (nSPS) is 18.7. The highest BCUT2D eigenvalue weighted by molar-refractivity contribution is 6.30. The van der Waals surface area contributed by atoms with Crippen molar-refractivity contribution in [3.8, 4) is 0 Å². The Hall–Kier alpha value is -1.65. The molecule has 0 bridgehead atoms. The van der Waals surface area contributed by atoms with E-state index < -0.39 is 0 Å². The maximum absolute atomic E-state index is 6.02. The molecule has 110 valence electrons. The van der Waals surface area contributed by atoms with Gasteiger partial charge in [-0.05, 0) is 42.7 Å². The lowest BCUT2D eigenvalue weighted by Gasteiger charge is -2.33. The summed E-state index contributed by atoms with van der Waals surface area (Å²) in [5.41, 5.74) is 1.22. The average molecular weight is 303 g/mol. The quantitative estimate of drug-likeness (QED) is 0.943. The molecule has 2 aromatic rings. The zero-order valence-corrected chi connectivity index (χ0v) is 12.6. The van der Waals surface area contributed by atoms with Crippen LogP contribution in [0.5, 0.6) is 0 Å². The lowest BCUT2D eigenvalue weighted by Crippen LogP contribution is -2.45. The van der Waals surface area contributed by atoms with Crippen molar-refractivity contribution in [3.05, 3.63) is 53.2 Å². The number of halogens is 1. The van der Waals surface area contributed by atoms with E-state index in [1.54, 1.807) is 6.20 Å². The number of rotatable bonds is 4. The van der Waals surface area contributed by atoms with Gasteiger partial charge in [0.1, 0.15) is 0 Å². The minimum absolute atomic E-state index is 0.472. The summed E-state index contributed by atoms with van der Waals surface area (Å²) in [6, 6.07) is 12.4. The molecule has 0 saturated carbocycles. The van der Waals surface area contributed by atoms with Crippen LogP contribution in [0.15, 0.2) is 42.6 Å². The fourth-order valence-corrected chi connectivity index (χ4v) is 2.94. The first-order chi connectivity index (χ1) is 10.3. The Morgan fingerprint density at radius 2 is 2.24 bits per heavy atom. The van der Waals surface area contributed by atoms with E-state index >= 15 is 0 Å². The summed E-state index contributed by atoms with van der Waals surface area (Å²) in [4.78, 5) is 2.30. The van der Waals surface area contributed by atoms with Gasteiger partial charge in [-0.15, -0.1) is 5.10 Å². The summed E-state index contributed by atoms with van der Waals surface area (Å²) in [6.45, 7) is 2.87. The van der Waals surface area contributed by atoms with E-state index in [1.165, 1.54) is 18.4 Å². The van der Waals surface area contributed by atoms with Crippen LogP contribution >= 0.6 is 11.6 Å². The van der Waals surface area contributed by atoms with Gasteiger partial charge in [0, 0.05) is 36.9 Å². The first-order valence-electron chi connectivity index (χ1n) is 7.32. The van der Waals surface area contributed by atoms with Crippen LogP contribution in [0.4, 0.5) is 5.82 Å². The molecule has 1 unspecified atom stereocenters. The van der Waals surface area contributed by atoms with Gasteiger partial charge < -0.3 is 10.2 Å². The minimum Gasteiger partial charge on any atom is -0.354 e. The molecule has 3 rings (SSSR count). The van der Waals surface area contributed by atoms with E-state index in [0.717, 1.165) is 30.5 Å². The monoisotopic (exact) mass is 302 g/mol. The van der Waals surface area contributed by atoms with Crippen LogP contribution in [-0.4, -0.2) is 29.3 Å². The molecule has 4 nitrogen and oxygen atoms in total. The van der Waals surface area contributed by atoms with Crippen LogP contribution in [0.3, 0.4) is 0 Å². The first kappa shape index (κ1) is 14.3. The molecule has 2 heterocycles. The van der Waals surface area contributed by atoms with Gasteiger partial charge in [0.15, 0.2) is 5.82 Å². The molecule has 0 radical (unpaired) electrons. The van der Waals surface area contributed by atoms with Crippen LogP contribution < -0.4 is 10.2 Å². The van der Waals surface area contributed by atoms with Crippen molar-refractivity contribution in [2.45, 2.75) is 25.4 Å². The zero-order valence-electron chi connectivity index (χ0n) is 11.9. The highest BCUT2D eigenvalue weighted by atomic mass is 35.5. The van der Waals surface area contributed by atoms with Gasteiger partial charge >= 0.3 is 0 Å². The van der Waals surface area contributed by atoms with Crippen molar-refractivity contribution in [2.24, 2.45) is 0 Å². The minimum atomic E-state index is 0.472.